The van der Waals surface area contributed by atoms with E-state index in [2.05, 4.69) is 30.9 Å². The summed E-state index contributed by atoms with van der Waals surface area (Å²) in [5.74, 6) is 1.08. The maximum absolute atomic E-state index is 5.20. The van der Waals surface area contributed by atoms with Crippen LogP contribution >= 0.6 is 0 Å². The lowest BCUT2D eigenvalue weighted by molar-refractivity contribution is 0.334. The fourth-order valence-corrected chi connectivity index (χ4v) is 3.03. The van der Waals surface area contributed by atoms with Crippen LogP contribution in [0.15, 0.2) is 0 Å². The molecular weight excluding hydrogens is 262 g/mol. The van der Waals surface area contributed by atoms with Crippen molar-refractivity contribution in [1.29, 1.82) is 0 Å². The Morgan fingerprint density at radius 2 is 1.57 bits per heavy atom. The van der Waals surface area contributed by atoms with Crippen LogP contribution in [0.2, 0.25) is 0 Å². The fourth-order valence-electron chi connectivity index (χ4n) is 3.03. The van der Waals surface area contributed by atoms with Crippen molar-refractivity contribution in [1.82, 2.24) is 14.8 Å². The second-order valence-corrected chi connectivity index (χ2v) is 6.37. The molecule has 0 saturated carbocycles. The minimum Gasteiger partial charge on any atom is -0.466 e. The van der Waals surface area contributed by atoms with Crippen molar-refractivity contribution in [2.45, 2.75) is 84.0 Å². The molecule has 1 heterocycles. The highest BCUT2D eigenvalue weighted by atomic mass is 16.5. The first-order valence-corrected chi connectivity index (χ1v) is 8.53. The van der Waals surface area contributed by atoms with Crippen LogP contribution in [-0.2, 0) is 12.5 Å². The summed E-state index contributed by atoms with van der Waals surface area (Å²) in [6, 6.07) is 0.489. The standard InChI is InChI=1S/C17H33N3O/c1-6-8-10-12-14-17(3,13-11-9-7-2)15-18-16(21-5)19-20(15)4/h6-14H2,1-5H3. The van der Waals surface area contributed by atoms with Crippen molar-refractivity contribution in [3.63, 3.8) is 0 Å². The van der Waals surface area contributed by atoms with E-state index in [1.807, 2.05) is 11.7 Å². The first-order valence-electron chi connectivity index (χ1n) is 8.53. The highest BCUT2D eigenvalue weighted by Gasteiger charge is 2.31. The number of nitrogens with zero attached hydrogens (tertiary/aromatic N) is 3. The predicted octanol–water partition coefficient (Wildman–Crippen LogP) is 4.63. The quantitative estimate of drug-likeness (QED) is 0.559. The van der Waals surface area contributed by atoms with Crippen molar-refractivity contribution in [3.05, 3.63) is 5.82 Å². The van der Waals surface area contributed by atoms with Crippen molar-refractivity contribution >= 4 is 0 Å². The third-order valence-corrected chi connectivity index (χ3v) is 4.38. The van der Waals surface area contributed by atoms with Crippen LogP contribution in [0.5, 0.6) is 6.01 Å². The topological polar surface area (TPSA) is 39.9 Å². The average Bonchev–Trinajstić information content (AvgIpc) is 2.86. The molecule has 1 atom stereocenters. The van der Waals surface area contributed by atoms with E-state index in [9.17, 15) is 0 Å². The molecule has 0 aliphatic heterocycles. The van der Waals surface area contributed by atoms with Crippen LogP contribution in [0.1, 0.15) is 84.4 Å². The summed E-state index contributed by atoms with van der Waals surface area (Å²) in [6.07, 6.45) is 11.4. The number of methoxy groups -OCH3 is 1. The van der Waals surface area contributed by atoms with Gasteiger partial charge in [0.2, 0.25) is 0 Å². The Morgan fingerprint density at radius 1 is 1.00 bits per heavy atom. The highest BCUT2D eigenvalue weighted by Crippen LogP contribution is 2.34. The Morgan fingerprint density at radius 3 is 2.10 bits per heavy atom. The van der Waals surface area contributed by atoms with Gasteiger partial charge in [0.05, 0.1) is 7.11 Å². The molecule has 1 aromatic heterocycles. The molecule has 0 N–H and O–H groups in total. The second kappa shape index (κ2) is 9.06. The normalized spacial score (nSPS) is 14.1. The van der Waals surface area contributed by atoms with E-state index in [-0.39, 0.29) is 5.41 Å². The van der Waals surface area contributed by atoms with Crippen molar-refractivity contribution in [2.75, 3.05) is 7.11 Å². The number of aromatic nitrogens is 3. The Hall–Kier alpha value is -1.06. The second-order valence-electron chi connectivity index (χ2n) is 6.37. The molecule has 0 fully saturated rings. The Balaban J connectivity index is 2.80. The molecule has 4 nitrogen and oxygen atoms in total. The largest absolute Gasteiger partial charge is 0.466 e. The van der Waals surface area contributed by atoms with Gasteiger partial charge in [0.25, 0.3) is 0 Å². The first kappa shape index (κ1) is 18.0. The van der Waals surface area contributed by atoms with Gasteiger partial charge in [0.15, 0.2) is 0 Å². The summed E-state index contributed by atoms with van der Waals surface area (Å²) in [5.41, 5.74) is 0.113. The molecule has 0 radical (unpaired) electrons. The molecule has 1 aromatic rings. The number of aryl methyl sites for hydroxylation is 1. The smallest absolute Gasteiger partial charge is 0.335 e. The van der Waals surface area contributed by atoms with Gasteiger partial charge in [-0.1, -0.05) is 65.7 Å². The van der Waals surface area contributed by atoms with E-state index in [1.54, 1.807) is 7.11 Å². The van der Waals surface area contributed by atoms with Crippen LogP contribution in [-0.4, -0.2) is 21.9 Å². The summed E-state index contributed by atoms with van der Waals surface area (Å²) >= 11 is 0. The van der Waals surface area contributed by atoms with Gasteiger partial charge in [0.1, 0.15) is 5.82 Å². The minimum atomic E-state index is 0.113. The van der Waals surface area contributed by atoms with E-state index < -0.39 is 0 Å². The molecule has 0 aromatic carbocycles. The molecule has 122 valence electrons. The number of rotatable bonds is 11. The van der Waals surface area contributed by atoms with Crippen molar-refractivity contribution in [2.24, 2.45) is 7.05 Å². The maximum Gasteiger partial charge on any atom is 0.335 e. The zero-order valence-corrected chi connectivity index (χ0v) is 14.6. The molecule has 21 heavy (non-hydrogen) atoms. The van der Waals surface area contributed by atoms with E-state index in [1.165, 1.54) is 57.8 Å². The molecule has 0 spiro atoms. The SMILES string of the molecule is CCCCCCC(C)(CCCCC)c1nc(OC)nn1C. The third kappa shape index (κ3) is 5.33. The first-order chi connectivity index (χ1) is 10.1. The van der Waals surface area contributed by atoms with Gasteiger partial charge in [0, 0.05) is 12.5 Å². The van der Waals surface area contributed by atoms with Crippen molar-refractivity contribution < 1.29 is 4.74 Å². The number of hydrogen-bond acceptors (Lipinski definition) is 3. The lowest BCUT2D eigenvalue weighted by Crippen LogP contribution is -2.26. The minimum absolute atomic E-state index is 0.113. The summed E-state index contributed by atoms with van der Waals surface area (Å²) < 4.78 is 7.10. The van der Waals surface area contributed by atoms with Gasteiger partial charge in [-0.05, 0) is 12.8 Å². The van der Waals surface area contributed by atoms with Gasteiger partial charge >= 0.3 is 6.01 Å². The monoisotopic (exact) mass is 295 g/mol. The van der Waals surface area contributed by atoms with Crippen LogP contribution in [0, 0.1) is 0 Å². The van der Waals surface area contributed by atoms with Crippen molar-refractivity contribution in [3.8, 4) is 6.01 Å². The lowest BCUT2D eigenvalue weighted by Gasteiger charge is -2.28. The Kier molecular flexibility index (Phi) is 7.76. The van der Waals surface area contributed by atoms with E-state index >= 15 is 0 Å². The van der Waals surface area contributed by atoms with Crippen LogP contribution in [0.25, 0.3) is 0 Å². The molecule has 0 saturated heterocycles. The van der Waals surface area contributed by atoms with E-state index in [0.29, 0.717) is 6.01 Å². The molecule has 4 heteroatoms. The van der Waals surface area contributed by atoms with Crippen LogP contribution < -0.4 is 4.74 Å². The Labute approximate surface area is 130 Å². The van der Waals surface area contributed by atoms with Gasteiger partial charge in [-0.3, -0.25) is 0 Å². The van der Waals surface area contributed by atoms with Crippen LogP contribution in [0.4, 0.5) is 0 Å². The number of hydrogen-bond donors (Lipinski definition) is 0. The van der Waals surface area contributed by atoms with Gasteiger partial charge in [-0.25, -0.2) is 4.68 Å². The lowest BCUT2D eigenvalue weighted by atomic mass is 9.79. The fraction of sp³-hybridized carbons (Fsp3) is 0.882. The van der Waals surface area contributed by atoms with Gasteiger partial charge in [-0.15, -0.1) is 5.10 Å². The zero-order valence-electron chi connectivity index (χ0n) is 14.6. The third-order valence-electron chi connectivity index (χ3n) is 4.38. The molecule has 0 aliphatic carbocycles. The highest BCUT2D eigenvalue weighted by molar-refractivity contribution is 5.10. The summed E-state index contributed by atoms with van der Waals surface area (Å²) in [5, 5.41) is 4.35. The Bertz CT molecular complexity index is 403. The molecule has 0 bridgehead atoms. The summed E-state index contributed by atoms with van der Waals surface area (Å²) in [4.78, 5) is 4.61. The van der Waals surface area contributed by atoms with Gasteiger partial charge < -0.3 is 4.74 Å². The van der Waals surface area contributed by atoms with Gasteiger partial charge in [-0.2, -0.15) is 4.98 Å². The number of unbranched alkanes of at least 4 members (excludes halogenated alkanes) is 5. The van der Waals surface area contributed by atoms with E-state index in [0.717, 1.165) is 5.82 Å². The average molecular weight is 295 g/mol. The summed E-state index contributed by atoms with van der Waals surface area (Å²) in [7, 11) is 3.61. The molecule has 0 amide bonds. The predicted molar refractivity (Wildman–Crippen MR) is 87.8 cm³/mol. The number of ether oxygens (including phenoxy) is 1. The van der Waals surface area contributed by atoms with Crippen LogP contribution in [0.3, 0.4) is 0 Å². The zero-order chi connectivity index (χ0) is 15.7. The molecule has 1 unspecified atom stereocenters. The maximum atomic E-state index is 5.20. The molecular formula is C17H33N3O. The molecule has 1 rings (SSSR count). The summed E-state index contributed by atoms with van der Waals surface area (Å²) in [6.45, 7) is 6.86. The molecule has 0 aliphatic rings. The van der Waals surface area contributed by atoms with E-state index in [4.69, 9.17) is 4.74 Å².